The van der Waals surface area contributed by atoms with Crippen LogP contribution >= 0.6 is 0 Å². The summed E-state index contributed by atoms with van der Waals surface area (Å²) >= 11 is 0. The van der Waals surface area contributed by atoms with Crippen LogP contribution in [0.25, 0.3) is 0 Å². The molecule has 28 heavy (non-hydrogen) atoms. The molecule has 0 unspecified atom stereocenters. The third-order valence-electron chi connectivity index (χ3n) is 4.39. The maximum absolute atomic E-state index is 14.3. The van der Waals surface area contributed by atoms with Crippen molar-refractivity contribution >= 4 is 11.7 Å². The Morgan fingerprint density at radius 3 is 2.61 bits per heavy atom. The number of alkyl halides is 3. The predicted octanol–water partition coefficient (Wildman–Crippen LogP) is 5.26. The number of oxime groups is 1. The topological polar surface area (TPSA) is 50.7 Å². The van der Waals surface area contributed by atoms with Gasteiger partial charge in [0.15, 0.2) is 5.84 Å². The lowest BCUT2D eigenvalue weighted by molar-refractivity contribution is -0.119. The smallest absolute Gasteiger partial charge is 0.394 e. The van der Waals surface area contributed by atoms with Crippen LogP contribution < -0.4 is 5.32 Å². The average Bonchev–Trinajstić information content (AvgIpc) is 3.45. The zero-order valence-electron chi connectivity index (χ0n) is 15.9. The molecule has 0 atom stereocenters. The lowest BCUT2D eigenvalue weighted by Crippen LogP contribution is -2.34. The Bertz CT molecular complexity index is 742. The third-order valence-corrected chi connectivity index (χ3v) is 4.39. The third kappa shape index (κ3) is 6.65. The molecule has 0 spiro atoms. The van der Waals surface area contributed by atoms with Crippen LogP contribution in [-0.4, -0.2) is 24.5 Å². The maximum atomic E-state index is 14.3. The van der Waals surface area contributed by atoms with Crippen molar-refractivity contribution in [2.24, 2.45) is 11.1 Å². The SMILES string of the molecule is C\C=C(F)/C(C(=N/OCC1CC1)/NC(=O)CC1=CCCC=C1)=C(\C)C(F)(F)F. The first kappa shape index (κ1) is 21.9. The summed E-state index contributed by atoms with van der Waals surface area (Å²) in [5, 5.41) is 5.95. The predicted molar refractivity (Wildman–Crippen MR) is 98.9 cm³/mol. The van der Waals surface area contributed by atoms with Gasteiger partial charge in [0.1, 0.15) is 12.4 Å². The second kappa shape index (κ2) is 9.71. The van der Waals surface area contributed by atoms with Gasteiger partial charge in [-0.05, 0) is 51.0 Å². The van der Waals surface area contributed by atoms with E-state index in [2.05, 4.69) is 10.5 Å². The molecule has 0 heterocycles. The number of halogens is 4. The van der Waals surface area contributed by atoms with E-state index in [0.717, 1.165) is 44.3 Å². The number of carbonyl (C=O) groups is 1. The van der Waals surface area contributed by atoms with Crippen molar-refractivity contribution in [1.29, 1.82) is 0 Å². The fraction of sp³-hybridized carbons (Fsp3) is 0.500. The molecule has 154 valence electrons. The molecule has 1 amide bonds. The Labute approximate surface area is 161 Å². The first-order valence-corrected chi connectivity index (χ1v) is 9.18. The molecular weight excluding hydrogens is 376 g/mol. The lowest BCUT2D eigenvalue weighted by atomic mass is 10.0. The van der Waals surface area contributed by atoms with Crippen LogP contribution in [0.2, 0.25) is 0 Å². The minimum Gasteiger partial charge on any atom is -0.394 e. The first-order chi connectivity index (χ1) is 13.2. The van der Waals surface area contributed by atoms with Gasteiger partial charge < -0.3 is 10.2 Å². The Morgan fingerprint density at radius 1 is 1.36 bits per heavy atom. The summed E-state index contributed by atoms with van der Waals surface area (Å²) in [5.74, 6) is -2.01. The van der Waals surface area contributed by atoms with Crippen molar-refractivity contribution in [3.8, 4) is 0 Å². The van der Waals surface area contributed by atoms with Crippen molar-refractivity contribution in [2.75, 3.05) is 6.61 Å². The van der Waals surface area contributed by atoms with Gasteiger partial charge in [0.2, 0.25) is 5.91 Å². The fourth-order valence-electron chi connectivity index (χ4n) is 2.54. The molecule has 8 heteroatoms. The Kier molecular flexibility index (Phi) is 7.60. The molecule has 0 radical (unpaired) electrons. The van der Waals surface area contributed by atoms with Gasteiger partial charge in [-0.3, -0.25) is 4.79 Å². The van der Waals surface area contributed by atoms with Crippen LogP contribution in [0.5, 0.6) is 0 Å². The highest BCUT2D eigenvalue weighted by Crippen LogP contribution is 2.32. The van der Waals surface area contributed by atoms with Crippen molar-refractivity contribution in [1.82, 2.24) is 5.32 Å². The number of nitrogens with zero attached hydrogens (tertiary/aromatic N) is 1. The number of nitrogens with one attached hydrogen (secondary N) is 1. The van der Waals surface area contributed by atoms with Crippen LogP contribution in [0.4, 0.5) is 17.6 Å². The van der Waals surface area contributed by atoms with Crippen molar-refractivity contribution in [3.63, 3.8) is 0 Å². The molecular formula is C20H24F4N2O2. The highest BCUT2D eigenvalue weighted by molar-refractivity contribution is 6.10. The first-order valence-electron chi connectivity index (χ1n) is 9.18. The average molecular weight is 400 g/mol. The van der Waals surface area contributed by atoms with Gasteiger partial charge >= 0.3 is 6.18 Å². The van der Waals surface area contributed by atoms with Gasteiger partial charge in [-0.15, -0.1) is 0 Å². The molecule has 0 saturated heterocycles. The van der Waals surface area contributed by atoms with Crippen molar-refractivity contribution in [2.45, 2.75) is 52.1 Å². The molecule has 0 aliphatic heterocycles. The van der Waals surface area contributed by atoms with Gasteiger partial charge in [-0.2, -0.15) is 13.2 Å². The lowest BCUT2D eigenvalue weighted by Gasteiger charge is -2.16. The molecule has 0 bridgehead atoms. The Hall–Kier alpha value is -2.38. The molecule has 2 aliphatic carbocycles. The standard InChI is InChI=1S/C20H24F4N2O2/c1-3-16(21)18(13(2)20(22,23)24)19(26-28-12-15-9-10-15)25-17(27)11-14-7-5-4-6-8-14/h3,5,7-8,15H,4,6,9-12H2,1-2H3,(H,25,26,27)/b16-3+,18-13-. The number of rotatable bonds is 7. The van der Waals surface area contributed by atoms with Gasteiger partial charge in [-0.1, -0.05) is 29.5 Å². The largest absolute Gasteiger partial charge is 0.413 e. The van der Waals surface area contributed by atoms with Crippen molar-refractivity contribution in [3.05, 3.63) is 46.9 Å². The van der Waals surface area contributed by atoms with E-state index in [0.29, 0.717) is 5.92 Å². The summed E-state index contributed by atoms with van der Waals surface area (Å²) in [4.78, 5) is 17.4. The van der Waals surface area contributed by atoms with Crippen LogP contribution in [0.15, 0.2) is 52.0 Å². The van der Waals surface area contributed by atoms with E-state index in [-0.39, 0.29) is 13.0 Å². The second-order valence-corrected chi connectivity index (χ2v) is 6.80. The summed E-state index contributed by atoms with van der Waals surface area (Å²) in [6.07, 6.45) is 5.19. The molecule has 1 saturated carbocycles. The monoisotopic (exact) mass is 400 g/mol. The number of allylic oxidation sites excluding steroid dienone is 5. The summed E-state index contributed by atoms with van der Waals surface area (Å²) in [6, 6.07) is 0. The molecule has 2 aliphatic rings. The van der Waals surface area contributed by atoms with E-state index in [1.54, 1.807) is 6.08 Å². The van der Waals surface area contributed by atoms with Crippen LogP contribution in [0, 0.1) is 5.92 Å². The quantitative estimate of drug-likeness (QED) is 0.208. The van der Waals surface area contributed by atoms with Gasteiger partial charge in [0.25, 0.3) is 0 Å². The fourth-order valence-corrected chi connectivity index (χ4v) is 2.54. The molecule has 0 aromatic carbocycles. The van der Waals surface area contributed by atoms with Crippen LogP contribution in [0.3, 0.4) is 0 Å². The molecule has 0 aromatic rings. The minimum absolute atomic E-state index is 0.0477. The van der Waals surface area contributed by atoms with E-state index in [1.807, 2.05) is 12.2 Å². The summed E-state index contributed by atoms with van der Waals surface area (Å²) in [7, 11) is 0. The number of amidine groups is 1. The highest BCUT2D eigenvalue weighted by Gasteiger charge is 2.36. The molecule has 1 fully saturated rings. The zero-order valence-corrected chi connectivity index (χ0v) is 15.9. The van der Waals surface area contributed by atoms with Crippen LogP contribution in [0.1, 0.15) is 46.0 Å². The van der Waals surface area contributed by atoms with Crippen LogP contribution in [-0.2, 0) is 9.63 Å². The molecule has 4 nitrogen and oxygen atoms in total. The van der Waals surface area contributed by atoms with Gasteiger partial charge in [0, 0.05) is 5.57 Å². The van der Waals surface area contributed by atoms with Gasteiger partial charge in [0.05, 0.1) is 12.0 Å². The maximum Gasteiger partial charge on any atom is 0.413 e. The number of hydrogen-bond donors (Lipinski definition) is 1. The van der Waals surface area contributed by atoms with Crippen molar-refractivity contribution < 1.29 is 27.2 Å². The van der Waals surface area contributed by atoms with E-state index in [9.17, 15) is 22.4 Å². The molecule has 1 N–H and O–H groups in total. The van der Waals surface area contributed by atoms with E-state index < -0.39 is 34.9 Å². The van der Waals surface area contributed by atoms with E-state index in [1.165, 1.54) is 6.92 Å². The van der Waals surface area contributed by atoms with E-state index in [4.69, 9.17) is 4.84 Å². The Morgan fingerprint density at radius 2 is 2.07 bits per heavy atom. The Balaban J connectivity index is 2.28. The molecule has 2 rings (SSSR count). The van der Waals surface area contributed by atoms with E-state index >= 15 is 0 Å². The zero-order chi connectivity index (χ0) is 20.7. The number of hydrogen-bond acceptors (Lipinski definition) is 3. The summed E-state index contributed by atoms with van der Waals surface area (Å²) < 4.78 is 54.1. The second-order valence-electron chi connectivity index (χ2n) is 6.80. The normalized spacial score (nSPS) is 19.1. The summed E-state index contributed by atoms with van der Waals surface area (Å²) in [6.45, 7) is 2.22. The highest BCUT2D eigenvalue weighted by atomic mass is 19.4. The number of carbonyl (C=O) groups excluding carboxylic acids is 1. The number of amides is 1. The summed E-state index contributed by atoms with van der Waals surface area (Å²) in [5.41, 5.74) is -1.28. The molecule has 0 aromatic heterocycles. The van der Waals surface area contributed by atoms with Gasteiger partial charge in [-0.25, -0.2) is 4.39 Å². The minimum atomic E-state index is -4.79.